The molecule has 0 aromatic heterocycles. The van der Waals surface area contributed by atoms with Crippen molar-refractivity contribution >= 4 is 35.0 Å². The number of amides is 3. The van der Waals surface area contributed by atoms with Gasteiger partial charge in [0.15, 0.2) is 0 Å². The van der Waals surface area contributed by atoms with Gasteiger partial charge in [0.25, 0.3) is 5.91 Å². The van der Waals surface area contributed by atoms with E-state index in [2.05, 4.69) is 5.32 Å². The number of halogens is 1. The van der Waals surface area contributed by atoms with E-state index in [1.54, 1.807) is 28.0 Å². The first-order valence-electron chi connectivity index (χ1n) is 9.76. The van der Waals surface area contributed by atoms with Gasteiger partial charge >= 0.3 is 0 Å². The topological polar surface area (TPSA) is 73.0 Å². The molecule has 1 N–H and O–H groups in total. The van der Waals surface area contributed by atoms with Crippen LogP contribution in [0.3, 0.4) is 0 Å². The molecule has 3 amide bonds. The van der Waals surface area contributed by atoms with E-state index in [-0.39, 0.29) is 23.8 Å². The number of benzene rings is 1. The van der Waals surface area contributed by atoms with Crippen LogP contribution >= 0.6 is 11.6 Å². The first-order chi connectivity index (χ1) is 13.3. The first-order valence-corrected chi connectivity index (χ1v) is 10.1. The summed E-state index contributed by atoms with van der Waals surface area (Å²) in [5.74, 6) is -0.0720. The van der Waals surface area contributed by atoms with E-state index in [0.29, 0.717) is 62.0 Å². The molecule has 0 spiro atoms. The normalized spacial score (nSPS) is 18.1. The Morgan fingerprint density at radius 3 is 2.46 bits per heavy atom. The highest BCUT2D eigenvalue weighted by Crippen LogP contribution is 2.29. The SMILES string of the molecule is CC(C)NC(=O)CN1CCN(C(=O)c2ccc(Cl)cc2N2CCCC2=O)CC1. The summed E-state index contributed by atoms with van der Waals surface area (Å²) in [5, 5.41) is 3.39. The smallest absolute Gasteiger partial charge is 0.256 e. The number of carbonyl (C=O) groups excluding carboxylic acids is 3. The molecule has 7 nitrogen and oxygen atoms in total. The molecule has 1 aromatic rings. The Kier molecular flexibility index (Phi) is 6.57. The highest BCUT2D eigenvalue weighted by molar-refractivity contribution is 6.31. The Balaban J connectivity index is 1.66. The third-order valence-electron chi connectivity index (χ3n) is 5.03. The van der Waals surface area contributed by atoms with E-state index < -0.39 is 0 Å². The van der Waals surface area contributed by atoms with Gasteiger partial charge in [-0.2, -0.15) is 0 Å². The zero-order valence-electron chi connectivity index (χ0n) is 16.4. The summed E-state index contributed by atoms with van der Waals surface area (Å²) in [6.07, 6.45) is 1.29. The number of carbonyl (C=O) groups is 3. The summed E-state index contributed by atoms with van der Waals surface area (Å²) >= 11 is 6.13. The summed E-state index contributed by atoms with van der Waals surface area (Å²) in [4.78, 5) is 42.7. The average molecular weight is 407 g/mol. The predicted octanol–water partition coefficient (Wildman–Crippen LogP) is 1.75. The van der Waals surface area contributed by atoms with Gasteiger partial charge < -0.3 is 15.1 Å². The molecule has 2 aliphatic rings. The number of anilines is 1. The van der Waals surface area contributed by atoms with Crippen LogP contribution in [0, 0.1) is 0 Å². The first kappa shape index (κ1) is 20.6. The van der Waals surface area contributed by atoms with Crippen LogP contribution in [0.1, 0.15) is 37.0 Å². The number of piperazine rings is 1. The van der Waals surface area contributed by atoms with Crippen molar-refractivity contribution in [1.82, 2.24) is 15.1 Å². The largest absolute Gasteiger partial charge is 0.353 e. The molecule has 2 fully saturated rings. The molecule has 1 aromatic carbocycles. The van der Waals surface area contributed by atoms with Gasteiger partial charge in [0.2, 0.25) is 11.8 Å². The lowest BCUT2D eigenvalue weighted by molar-refractivity contribution is -0.123. The van der Waals surface area contributed by atoms with Crippen molar-refractivity contribution in [3.63, 3.8) is 0 Å². The van der Waals surface area contributed by atoms with E-state index in [9.17, 15) is 14.4 Å². The van der Waals surface area contributed by atoms with Gasteiger partial charge in [0.1, 0.15) is 0 Å². The van der Waals surface area contributed by atoms with E-state index in [1.807, 2.05) is 18.7 Å². The number of nitrogens with one attached hydrogen (secondary N) is 1. The third kappa shape index (κ3) is 4.83. The van der Waals surface area contributed by atoms with Crippen LogP contribution in [0.25, 0.3) is 0 Å². The number of nitrogens with zero attached hydrogens (tertiary/aromatic N) is 3. The minimum atomic E-state index is -0.0994. The average Bonchev–Trinajstić information content (AvgIpc) is 3.07. The zero-order chi connectivity index (χ0) is 20.3. The summed E-state index contributed by atoms with van der Waals surface area (Å²) in [6.45, 7) is 7.19. The molecule has 8 heteroatoms. The van der Waals surface area contributed by atoms with Gasteiger partial charge in [-0.25, -0.2) is 0 Å². The van der Waals surface area contributed by atoms with E-state index in [4.69, 9.17) is 11.6 Å². The van der Waals surface area contributed by atoms with Crippen molar-refractivity contribution in [2.75, 3.05) is 44.2 Å². The maximum Gasteiger partial charge on any atom is 0.256 e. The fourth-order valence-corrected chi connectivity index (χ4v) is 3.83. The maximum atomic E-state index is 13.1. The molecule has 3 rings (SSSR count). The van der Waals surface area contributed by atoms with E-state index in [0.717, 1.165) is 6.42 Å². The standard InChI is InChI=1S/C20H27ClN4O3/c1-14(2)22-18(26)13-23-8-10-24(11-9-23)20(28)16-6-5-15(21)12-17(16)25-7-3-4-19(25)27/h5-6,12,14H,3-4,7-11,13H2,1-2H3,(H,22,26). The predicted molar refractivity (Wildman–Crippen MR) is 109 cm³/mol. The van der Waals surface area contributed by atoms with Gasteiger partial charge in [-0.05, 0) is 38.5 Å². The molecular weight excluding hydrogens is 380 g/mol. The van der Waals surface area contributed by atoms with Crippen LogP contribution in [0.15, 0.2) is 18.2 Å². The van der Waals surface area contributed by atoms with Gasteiger partial charge in [0.05, 0.1) is 17.8 Å². The minimum absolute atomic E-state index is 0.00214. The Hall–Kier alpha value is -2.12. The lowest BCUT2D eigenvalue weighted by Gasteiger charge is -2.35. The van der Waals surface area contributed by atoms with Crippen LogP contribution in [-0.2, 0) is 9.59 Å². The summed E-state index contributed by atoms with van der Waals surface area (Å²) < 4.78 is 0. The molecule has 0 saturated carbocycles. The molecule has 0 aliphatic carbocycles. The maximum absolute atomic E-state index is 13.1. The lowest BCUT2D eigenvalue weighted by Crippen LogP contribution is -2.51. The molecule has 2 aliphatic heterocycles. The van der Waals surface area contributed by atoms with Gasteiger partial charge in [0, 0.05) is 50.2 Å². The van der Waals surface area contributed by atoms with Crippen molar-refractivity contribution in [3.8, 4) is 0 Å². The fraction of sp³-hybridized carbons (Fsp3) is 0.550. The number of hydrogen-bond acceptors (Lipinski definition) is 4. The van der Waals surface area contributed by atoms with Crippen molar-refractivity contribution < 1.29 is 14.4 Å². The molecular formula is C20H27ClN4O3. The van der Waals surface area contributed by atoms with Crippen LogP contribution in [0.2, 0.25) is 5.02 Å². The van der Waals surface area contributed by atoms with E-state index >= 15 is 0 Å². The molecule has 0 bridgehead atoms. The fourth-order valence-electron chi connectivity index (χ4n) is 3.66. The second kappa shape index (κ2) is 8.92. The van der Waals surface area contributed by atoms with Crippen LogP contribution in [-0.4, -0.2) is 72.8 Å². The Labute approximate surface area is 170 Å². The van der Waals surface area contributed by atoms with Crippen molar-refractivity contribution in [3.05, 3.63) is 28.8 Å². The summed E-state index contributed by atoms with van der Waals surface area (Å²) in [7, 11) is 0. The van der Waals surface area contributed by atoms with Crippen molar-refractivity contribution in [2.45, 2.75) is 32.7 Å². The zero-order valence-corrected chi connectivity index (χ0v) is 17.2. The van der Waals surface area contributed by atoms with Crippen molar-refractivity contribution in [2.24, 2.45) is 0 Å². The molecule has 2 saturated heterocycles. The summed E-state index contributed by atoms with van der Waals surface area (Å²) in [5.41, 5.74) is 1.10. The Morgan fingerprint density at radius 1 is 1.14 bits per heavy atom. The highest BCUT2D eigenvalue weighted by atomic mass is 35.5. The molecule has 0 radical (unpaired) electrons. The molecule has 28 heavy (non-hydrogen) atoms. The second-order valence-corrected chi connectivity index (χ2v) is 8.04. The van der Waals surface area contributed by atoms with Crippen LogP contribution < -0.4 is 10.2 Å². The lowest BCUT2D eigenvalue weighted by atomic mass is 10.1. The number of rotatable bonds is 5. The molecule has 0 atom stereocenters. The van der Waals surface area contributed by atoms with Gasteiger partial charge in [-0.3, -0.25) is 19.3 Å². The number of hydrogen-bond donors (Lipinski definition) is 1. The second-order valence-electron chi connectivity index (χ2n) is 7.60. The molecule has 0 unspecified atom stereocenters. The Morgan fingerprint density at radius 2 is 1.86 bits per heavy atom. The third-order valence-corrected chi connectivity index (χ3v) is 5.27. The highest BCUT2D eigenvalue weighted by Gasteiger charge is 2.29. The molecule has 152 valence electrons. The van der Waals surface area contributed by atoms with Crippen molar-refractivity contribution in [1.29, 1.82) is 0 Å². The minimum Gasteiger partial charge on any atom is -0.353 e. The van der Waals surface area contributed by atoms with Crippen LogP contribution in [0.5, 0.6) is 0 Å². The van der Waals surface area contributed by atoms with Gasteiger partial charge in [-0.15, -0.1) is 0 Å². The quantitative estimate of drug-likeness (QED) is 0.808. The van der Waals surface area contributed by atoms with E-state index in [1.165, 1.54) is 0 Å². The Bertz CT molecular complexity index is 760. The monoisotopic (exact) mass is 406 g/mol. The van der Waals surface area contributed by atoms with Gasteiger partial charge in [-0.1, -0.05) is 11.6 Å². The summed E-state index contributed by atoms with van der Waals surface area (Å²) in [6, 6.07) is 5.20. The molecule has 2 heterocycles. The van der Waals surface area contributed by atoms with Crippen LogP contribution in [0.4, 0.5) is 5.69 Å².